The Morgan fingerprint density at radius 2 is 1.89 bits per heavy atom. The van der Waals surface area contributed by atoms with Crippen molar-refractivity contribution in [2.45, 2.75) is 0 Å². The van der Waals surface area contributed by atoms with Gasteiger partial charge >= 0.3 is 0 Å². The zero-order chi connectivity index (χ0) is 6.53. The van der Waals surface area contributed by atoms with Gasteiger partial charge < -0.3 is 4.84 Å². The maximum Gasteiger partial charge on any atom is 0.147 e. The van der Waals surface area contributed by atoms with Crippen LogP contribution in [0.2, 0.25) is 0 Å². The van der Waals surface area contributed by atoms with E-state index in [0.29, 0.717) is 0 Å². The molecule has 1 N–H and O–H groups in total. The van der Waals surface area contributed by atoms with Crippen LogP contribution in [-0.4, -0.2) is 0 Å². The molecule has 0 saturated heterocycles. The number of hydrogen-bond acceptors (Lipinski definition) is 2. The van der Waals surface area contributed by atoms with Crippen molar-refractivity contribution in [3.05, 3.63) is 30.3 Å². The van der Waals surface area contributed by atoms with E-state index in [1.807, 2.05) is 30.3 Å². The predicted molar refractivity (Wildman–Crippen MR) is 39.9 cm³/mol. The van der Waals surface area contributed by atoms with E-state index in [1.54, 1.807) is 0 Å². The first kappa shape index (κ1) is 6.53. The molecule has 9 heavy (non-hydrogen) atoms. The molecule has 1 rings (SSSR count). The molecule has 0 aliphatic heterocycles. The Hall–Kier alpha value is -0.590. The number of rotatable bonds is 2. The quantitative estimate of drug-likeness (QED) is 0.496. The van der Waals surface area contributed by atoms with Crippen LogP contribution in [0.4, 0.5) is 0 Å². The molecule has 0 bridgehead atoms. The third-order valence-corrected chi connectivity index (χ3v) is 1.04. The van der Waals surface area contributed by atoms with Crippen molar-refractivity contribution in [1.29, 1.82) is 0 Å². The lowest BCUT2D eigenvalue weighted by atomic mass is 10.3. The lowest BCUT2D eigenvalue weighted by Gasteiger charge is -1.99. The predicted octanol–water partition coefficient (Wildman–Crippen LogP) is 1.36. The largest absolute Gasteiger partial charge is 0.406 e. The molecule has 0 aromatic heterocycles. The van der Waals surface area contributed by atoms with Gasteiger partial charge in [0, 0.05) is 0 Å². The molecule has 0 radical (unpaired) electrons. The van der Waals surface area contributed by atoms with Crippen LogP contribution in [-0.2, 0) is 0 Å². The molecule has 0 saturated carbocycles. The van der Waals surface area contributed by atoms with E-state index in [9.17, 15) is 0 Å². The molecular formula is C6H8NOP. The zero-order valence-corrected chi connectivity index (χ0v) is 6.03. The van der Waals surface area contributed by atoms with E-state index in [2.05, 4.69) is 14.6 Å². The highest BCUT2D eigenvalue weighted by molar-refractivity contribution is 7.13. The van der Waals surface area contributed by atoms with Crippen molar-refractivity contribution >= 4 is 9.39 Å². The molecule has 0 spiro atoms. The highest BCUT2D eigenvalue weighted by Crippen LogP contribution is 2.06. The smallest absolute Gasteiger partial charge is 0.147 e. The first-order valence-electron chi connectivity index (χ1n) is 2.61. The number of nitrogens with one attached hydrogen (secondary N) is 1. The Labute approximate surface area is 56.4 Å². The standard InChI is InChI=1S/C6H8NOP/c9-7-8-6-4-2-1-3-5-6/h1-5,7H,9H2. The summed E-state index contributed by atoms with van der Waals surface area (Å²) >= 11 is 0. The Bertz CT molecular complexity index is 166. The number of hydrogen-bond donors (Lipinski definition) is 1. The Morgan fingerprint density at radius 3 is 2.44 bits per heavy atom. The van der Waals surface area contributed by atoms with Gasteiger partial charge in [0.25, 0.3) is 0 Å². The molecule has 1 unspecified atom stereocenters. The van der Waals surface area contributed by atoms with Crippen LogP contribution in [0.3, 0.4) is 0 Å². The van der Waals surface area contributed by atoms with Crippen molar-refractivity contribution < 1.29 is 4.84 Å². The molecule has 0 aliphatic rings. The fourth-order valence-electron chi connectivity index (χ4n) is 0.557. The minimum absolute atomic E-state index is 0.813. The fourth-order valence-corrected chi connectivity index (χ4v) is 0.693. The maximum atomic E-state index is 4.92. The maximum absolute atomic E-state index is 4.92. The van der Waals surface area contributed by atoms with Crippen molar-refractivity contribution in [3.8, 4) is 5.75 Å². The topological polar surface area (TPSA) is 21.3 Å². The second kappa shape index (κ2) is 3.44. The fraction of sp³-hybridized carbons (Fsp3) is 0. The Balaban J connectivity index is 2.61. The van der Waals surface area contributed by atoms with E-state index < -0.39 is 0 Å². The molecule has 1 aromatic rings. The third-order valence-electron chi connectivity index (χ3n) is 0.920. The van der Waals surface area contributed by atoms with Gasteiger partial charge in [-0.15, -0.1) is 5.25 Å². The summed E-state index contributed by atoms with van der Waals surface area (Å²) in [5.41, 5.74) is 0. The van der Waals surface area contributed by atoms with Gasteiger partial charge in [0.15, 0.2) is 0 Å². The molecule has 1 atom stereocenters. The van der Waals surface area contributed by atoms with Crippen molar-refractivity contribution in [2.75, 3.05) is 0 Å². The summed E-state index contributed by atoms with van der Waals surface area (Å²) in [7, 11) is 2.26. The van der Waals surface area contributed by atoms with E-state index in [-0.39, 0.29) is 0 Å². The highest BCUT2D eigenvalue weighted by Gasteiger charge is 1.84. The molecule has 0 heterocycles. The van der Waals surface area contributed by atoms with Crippen LogP contribution in [0, 0.1) is 0 Å². The van der Waals surface area contributed by atoms with E-state index in [0.717, 1.165) is 5.75 Å². The van der Waals surface area contributed by atoms with Crippen molar-refractivity contribution in [1.82, 2.24) is 5.25 Å². The minimum Gasteiger partial charge on any atom is -0.406 e. The lowest BCUT2D eigenvalue weighted by Crippen LogP contribution is -2.02. The summed E-state index contributed by atoms with van der Waals surface area (Å²) in [6, 6.07) is 9.51. The van der Waals surface area contributed by atoms with Gasteiger partial charge in [-0.25, -0.2) is 0 Å². The molecular weight excluding hydrogens is 133 g/mol. The SMILES string of the molecule is PNOc1ccccc1. The van der Waals surface area contributed by atoms with Crippen LogP contribution in [0.1, 0.15) is 0 Å². The van der Waals surface area contributed by atoms with Crippen molar-refractivity contribution in [2.24, 2.45) is 0 Å². The molecule has 2 nitrogen and oxygen atoms in total. The summed E-state index contributed by atoms with van der Waals surface area (Å²) < 4.78 is 0. The Morgan fingerprint density at radius 1 is 1.22 bits per heavy atom. The van der Waals surface area contributed by atoms with Gasteiger partial charge in [0.2, 0.25) is 0 Å². The monoisotopic (exact) mass is 141 g/mol. The van der Waals surface area contributed by atoms with Crippen molar-refractivity contribution in [3.63, 3.8) is 0 Å². The average molecular weight is 141 g/mol. The van der Waals surface area contributed by atoms with E-state index in [1.165, 1.54) is 0 Å². The molecule has 1 aromatic carbocycles. The molecule has 48 valence electrons. The van der Waals surface area contributed by atoms with Crippen LogP contribution in [0.5, 0.6) is 5.75 Å². The van der Waals surface area contributed by atoms with Crippen LogP contribution >= 0.6 is 9.39 Å². The van der Waals surface area contributed by atoms with Crippen LogP contribution in [0.25, 0.3) is 0 Å². The molecule has 3 heteroatoms. The van der Waals surface area contributed by atoms with Crippen LogP contribution < -0.4 is 10.1 Å². The molecule has 0 amide bonds. The summed E-state index contributed by atoms with van der Waals surface area (Å²) in [4.78, 5) is 4.92. The second-order valence-corrected chi connectivity index (χ2v) is 1.77. The highest BCUT2D eigenvalue weighted by atomic mass is 31.0. The van der Waals surface area contributed by atoms with Gasteiger partial charge in [0.05, 0.1) is 0 Å². The minimum atomic E-state index is 0.813. The van der Waals surface area contributed by atoms with E-state index >= 15 is 0 Å². The summed E-state index contributed by atoms with van der Waals surface area (Å²) in [5, 5.41) is 2.50. The number of para-hydroxylation sites is 1. The van der Waals surface area contributed by atoms with Gasteiger partial charge in [0.1, 0.15) is 5.75 Å². The first-order valence-corrected chi connectivity index (χ1v) is 3.18. The summed E-state index contributed by atoms with van der Waals surface area (Å²) in [6.07, 6.45) is 0. The summed E-state index contributed by atoms with van der Waals surface area (Å²) in [5.74, 6) is 0.813. The normalized spacial score (nSPS) is 9.00. The van der Waals surface area contributed by atoms with Crippen LogP contribution in [0.15, 0.2) is 30.3 Å². The Kier molecular flexibility index (Phi) is 2.49. The summed E-state index contributed by atoms with van der Waals surface area (Å²) in [6.45, 7) is 0. The van der Waals surface area contributed by atoms with Gasteiger partial charge in [-0.05, 0) is 21.5 Å². The molecule has 0 aliphatic carbocycles. The van der Waals surface area contributed by atoms with Gasteiger partial charge in [-0.2, -0.15) is 0 Å². The zero-order valence-electron chi connectivity index (χ0n) is 4.87. The second-order valence-electron chi connectivity index (χ2n) is 1.53. The van der Waals surface area contributed by atoms with Gasteiger partial charge in [-0.1, -0.05) is 18.2 Å². The van der Waals surface area contributed by atoms with Gasteiger partial charge in [-0.3, -0.25) is 0 Å². The number of benzene rings is 1. The average Bonchev–Trinajstić information content (AvgIpc) is 1.91. The lowest BCUT2D eigenvalue weighted by molar-refractivity contribution is 0.284. The van der Waals surface area contributed by atoms with E-state index in [4.69, 9.17) is 4.84 Å². The first-order chi connectivity index (χ1) is 4.43. The third kappa shape index (κ3) is 2.00. The molecule has 0 fully saturated rings.